The van der Waals surface area contributed by atoms with Gasteiger partial charge in [-0.25, -0.2) is 22.8 Å². The number of carbonyl (C=O) groups excluding carboxylic acids is 2. The number of carbonyl (C=O) groups is 3. The van der Waals surface area contributed by atoms with E-state index in [0.29, 0.717) is 38.3 Å². The number of sulfonamides is 1. The Kier molecular flexibility index (Phi) is 12.4. The van der Waals surface area contributed by atoms with Crippen molar-refractivity contribution in [3.63, 3.8) is 0 Å². The Hall–Kier alpha value is -2.98. The van der Waals surface area contributed by atoms with Crippen molar-refractivity contribution in [3.05, 3.63) is 56.0 Å². The quantitative estimate of drug-likeness (QED) is 0.280. The molecule has 1 aliphatic heterocycles. The van der Waals surface area contributed by atoms with Gasteiger partial charge in [0.2, 0.25) is 10.0 Å². The Balaban J connectivity index is 0.000000521. The van der Waals surface area contributed by atoms with E-state index in [1.54, 1.807) is 42.6 Å². The van der Waals surface area contributed by atoms with Crippen molar-refractivity contribution in [2.75, 3.05) is 44.0 Å². The van der Waals surface area contributed by atoms with Crippen LogP contribution in [-0.2, 0) is 24.3 Å². The lowest BCUT2D eigenvalue weighted by atomic mass is 10.1. The van der Waals surface area contributed by atoms with E-state index >= 15 is 0 Å². The fourth-order valence-corrected chi connectivity index (χ4v) is 8.00. The fourth-order valence-electron chi connectivity index (χ4n) is 4.09. The number of benzene rings is 1. The van der Waals surface area contributed by atoms with Crippen LogP contribution in [-0.4, -0.2) is 77.1 Å². The summed E-state index contributed by atoms with van der Waals surface area (Å²) in [6.07, 6.45) is 1.42. The molecule has 228 valence electrons. The van der Waals surface area contributed by atoms with Gasteiger partial charge in [-0.15, -0.1) is 22.7 Å². The lowest BCUT2D eigenvalue weighted by molar-refractivity contribution is -0.142. The van der Waals surface area contributed by atoms with E-state index in [1.807, 2.05) is 6.07 Å². The van der Waals surface area contributed by atoms with E-state index in [1.165, 1.54) is 29.9 Å². The first-order valence-corrected chi connectivity index (χ1v) is 16.8. The highest BCUT2D eigenvalue weighted by Gasteiger charge is 2.31. The average molecular weight is 704 g/mol. The summed E-state index contributed by atoms with van der Waals surface area (Å²) < 4.78 is 43.1. The molecule has 42 heavy (non-hydrogen) atoms. The highest BCUT2D eigenvalue weighted by atomic mass is 79.9. The number of carboxylic acids is 1. The van der Waals surface area contributed by atoms with Gasteiger partial charge in [-0.1, -0.05) is 18.2 Å². The molecule has 0 bridgehead atoms. The molecule has 0 aliphatic carbocycles. The Bertz CT molecular complexity index is 1480. The molecule has 3 aromatic rings. The molecule has 0 unspecified atom stereocenters. The number of nitrogens with zero attached hydrogens (tertiary/aromatic N) is 1. The normalized spacial score (nSPS) is 13.4. The third kappa shape index (κ3) is 8.31. The van der Waals surface area contributed by atoms with Crippen LogP contribution in [0.3, 0.4) is 0 Å². The monoisotopic (exact) mass is 702 g/mol. The van der Waals surface area contributed by atoms with Crippen molar-refractivity contribution in [3.8, 4) is 16.2 Å². The molecule has 0 saturated carbocycles. The minimum absolute atomic E-state index is 0.0120. The van der Waals surface area contributed by atoms with Gasteiger partial charge in [-0.05, 0) is 77.9 Å². The van der Waals surface area contributed by atoms with Crippen LogP contribution in [0.4, 0.5) is 5.69 Å². The van der Waals surface area contributed by atoms with E-state index in [-0.39, 0.29) is 29.0 Å². The topological polar surface area (TPSA) is 149 Å². The predicted octanol–water partition coefficient (Wildman–Crippen LogP) is 4.87. The van der Waals surface area contributed by atoms with Crippen molar-refractivity contribution in [1.82, 2.24) is 5.32 Å². The maximum absolute atomic E-state index is 13.1. The third-order valence-corrected chi connectivity index (χ3v) is 11.1. The van der Waals surface area contributed by atoms with E-state index in [9.17, 15) is 22.8 Å². The smallest absolute Gasteiger partial charge is 0.351 e. The second-order valence-electron chi connectivity index (χ2n) is 8.77. The molecule has 2 aromatic heterocycles. The molecule has 0 radical (unpaired) electrons. The second kappa shape index (κ2) is 15.5. The Labute approximate surface area is 260 Å². The summed E-state index contributed by atoms with van der Waals surface area (Å²) in [4.78, 5) is 35.2. The van der Waals surface area contributed by atoms with Gasteiger partial charge >= 0.3 is 17.9 Å². The zero-order chi connectivity index (χ0) is 30.9. The Morgan fingerprint density at radius 3 is 2.38 bits per heavy atom. The SMILES string of the molecule is CCS(=O)(=O)N(c1cccc(-c2sc(C(=O)OC)c(OCC(=O)OC)c2Br)c1)C1CCNCC1.O=C(O)c1cccs1. The van der Waals surface area contributed by atoms with E-state index < -0.39 is 27.9 Å². The highest BCUT2D eigenvalue weighted by molar-refractivity contribution is 9.10. The molecule has 1 aromatic carbocycles. The van der Waals surface area contributed by atoms with E-state index in [4.69, 9.17) is 14.6 Å². The third-order valence-electron chi connectivity index (χ3n) is 6.14. The summed E-state index contributed by atoms with van der Waals surface area (Å²) >= 11 is 5.84. The number of hydrogen-bond donors (Lipinski definition) is 2. The van der Waals surface area contributed by atoms with Crippen molar-refractivity contribution in [2.24, 2.45) is 0 Å². The average Bonchev–Trinajstić information content (AvgIpc) is 3.65. The van der Waals surface area contributed by atoms with Crippen LogP contribution in [0, 0.1) is 0 Å². The van der Waals surface area contributed by atoms with Crippen LogP contribution in [0.5, 0.6) is 5.75 Å². The first-order valence-electron chi connectivity index (χ1n) is 12.7. The summed E-state index contributed by atoms with van der Waals surface area (Å²) in [6.45, 7) is 2.75. The molecule has 4 rings (SSSR count). The van der Waals surface area contributed by atoms with Gasteiger partial charge in [-0.2, -0.15) is 0 Å². The van der Waals surface area contributed by atoms with Crippen LogP contribution in [0.15, 0.2) is 46.3 Å². The standard InChI is InChI=1S/C22H27BrN2O7S2.C5H4O2S/c1-4-34(28,29)25(15-8-10-24-11-9-15)16-7-5-6-14(12-16)20-18(23)19(32-13-17(26)30-2)21(33-20)22(27)31-3;6-5(7)4-2-1-3-8-4/h5-7,12,15,24H,4,8-11,13H2,1-3H3;1-3H,(H,6,7). The van der Waals surface area contributed by atoms with Gasteiger partial charge in [0.15, 0.2) is 17.2 Å². The molecule has 11 nitrogen and oxygen atoms in total. The van der Waals surface area contributed by atoms with Gasteiger partial charge in [-0.3, -0.25) is 4.31 Å². The molecular formula is C27H31BrN2O9S3. The molecule has 3 heterocycles. The number of carboxylic acid groups (broad SMARTS) is 1. The summed E-state index contributed by atoms with van der Waals surface area (Å²) in [7, 11) is -1.02. The summed E-state index contributed by atoms with van der Waals surface area (Å²) in [5, 5.41) is 13.3. The fraction of sp³-hybridized carbons (Fsp3) is 0.370. The van der Waals surface area contributed by atoms with Gasteiger partial charge in [0, 0.05) is 6.04 Å². The maximum Gasteiger partial charge on any atom is 0.351 e. The Morgan fingerprint density at radius 2 is 1.83 bits per heavy atom. The lowest BCUT2D eigenvalue weighted by Gasteiger charge is -2.35. The highest BCUT2D eigenvalue weighted by Crippen LogP contribution is 2.46. The van der Waals surface area contributed by atoms with Crippen LogP contribution >= 0.6 is 38.6 Å². The van der Waals surface area contributed by atoms with Crippen LogP contribution < -0.4 is 14.4 Å². The number of nitrogens with one attached hydrogen (secondary N) is 1. The van der Waals surface area contributed by atoms with Crippen LogP contribution in [0.2, 0.25) is 0 Å². The number of piperidine rings is 1. The van der Waals surface area contributed by atoms with Crippen LogP contribution in [0.1, 0.15) is 39.1 Å². The number of halogens is 1. The van der Waals surface area contributed by atoms with E-state index in [0.717, 1.165) is 24.4 Å². The van der Waals surface area contributed by atoms with Crippen molar-refractivity contribution >= 4 is 72.2 Å². The number of esters is 2. The van der Waals surface area contributed by atoms with Crippen molar-refractivity contribution in [2.45, 2.75) is 25.8 Å². The van der Waals surface area contributed by atoms with Crippen molar-refractivity contribution in [1.29, 1.82) is 0 Å². The van der Waals surface area contributed by atoms with Gasteiger partial charge in [0.25, 0.3) is 0 Å². The molecule has 1 aliphatic rings. The molecule has 15 heteroatoms. The lowest BCUT2D eigenvalue weighted by Crippen LogP contribution is -2.46. The summed E-state index contributed by atoms with van der Waals surface area (Å²) in [6, 6.07) is 10.3. The minimum atomic E-state index is -3.52. The molecule has 1 fully saturated rings. The largest absolute Gasteiger partial charge is 0.479 e. The number of hydrogen-bond acceptors (Lipinski definition) is 11. The number of ether oxygens (including phenoxy) is 3. The number of thiophene rings is 2. The van der Waals surface area contributed by atoms with Gasteiger partial charge in [0.05, 0.1) is 35.0 Å². The minimum Gasteiger partial charge on any atom is -0.479 e. The molecular weight excluding hydrogens is 672 g/mol. The molecule has 0 spiro atoms. The first-order chi connectivity index (χ1) is 20.0. The molecule has 0 amide bonds. The molecule has 0 atom stereocenters. The first kappa shape index (κ1) is 33.5. The second-order valence-corrected chi connectivity index (χ2v) is 13.7. The number of rotatable bonds is 10. The van der Waals surface area contributed by atoms with E-state index in [2.05, 4.69) is 26.0 Å². The van der Waals surface area contributed by atoms with Crippen LogP contribution in [0.25, 0.3) is 10.4 Å². The predicted molar refractivity (Wildman–Crippen MR) is 165 cm³/mol. The van der Waals surface area contributed by atoms with Gasteiger partial charge < -0.3 is 24.6 Å². The maximum atomic E-state index is 13.1. The number of aromatic carboxylic acids is 1. The van der Waals surface area contributed by atoms with Crippen molar-refractivity contribution < 1.29 is 42.1 Å². The van der Waals surface area contributed by atoms with Gasteiger partial charge in [0.1, 0.15) is 4.88 Å². The Morgan fingerprint density at radius 1 is 1.12 bits per heavy atom. The summed E-state index contributed by atoms with van der Waals surface area (Å²) in [5.74, 6) is -1.90. The zero-order valence-corrected chi connectivity index (χ0v) is 27.2. The molecule has 1 saturated heterocycles. The molecule has 2 N–H and O–H groups in total. The summed E-state index contributed by atoms with van der Waals surface area (Å²) in [5.41, 5.74) is 1.25. The number of methoxy groups -OCH3 is 2. The zero-order valence-electron chi connectivity index (χ0n) is 23.1. The number of anilines is 1.